The highest BCUT2D eigenvalue weighted by Crippen LogP contribution is 2.23. The molecular formula is C20H31F3N4O5S. The molecule has 0 unspecified atom stereocenters. The molecule has 188 valence electrons. The van der Waals surface area contributed by atoms with Crippen LogP contribution >= 0.6 is 0 Å². The van der Waals surface area contributed by atoms with E-state index in [1.54, 1.807) is 11.4 Å². The molecule has 0 aliphatic carbocycles. The van der Waals surface area contributed by atoms with Crippen LogP contribution in [0.1, 0.15) is 49.3 Å². The minimum Gasteiger partial charge on any atom is -0.475 e. The summed E-state index contributed by atoms with van der Waals surface area (Å²) in [6.45, 7) is 8.64. The first-order valence-corrected chi connectivity index (χ1v) is 12.0. The average Bonchev–Trinajstić information content (AvgIpc) is 2.87. The molecule has 0 aromatic carbocycles. The first-order valence-electron chi connectivity index (χ1n) is 10.4. The zero-order valence-corrected chi connectivity index (χ0v) is 20.1. The number of amides is 1. The van der Waals surface area contributed by atoms with Crippen molar-refractivity contribution in [2.75, 3.05) is 31.2 Å². The van der Waals surface area contributed by atoms with Gasteiger partial charge in [0.25, 0.3) is 5.91 Å². The van der Waals surface area contributed by atoms with Crippen molar-refractivity contribution in [1.82, 2.24) is 14.6 Å². The Morgan fingerprint density at radius 1 is 1.18 bits per heavy atom. The summed E-state index contributed by atoms with van der Waals surface area (Å²) in [6, 6.07) is 1.99. The van der Waals surface area contributed by atoms with Crippen molar-refractivity contribution < 1.29 is 36.3 Å². The van der Waals surface area contributed by atoms with Crippen LogP contribution in [0, 0.1) is 5.92 Å². The van der Waals surface area contributed by atoms with Gasteiger partial charge in [0.05, 0.1) is 11.3 Å². The molecule has 1 aromatic rings. The minimum absolute atomic E-state index is 0.0884. The monoisotopic (exact) mass is 496 g/mol. The summed E-state index contributed by atoms with van der Waals surface area (Å²) in [4.78, 5) is 25.8. The standard InChI is InChI=1S/C18H30N4O3S.C2HF3O2/c1-12(2)11-26(24,25)22-8-6-14-10-15(18(23)19-5)17(20-13(3)4)21-16(14)7-9-22;3-2(4,5)1(6)7/h10,12-13H,6-9,11H2,1-5H3,(H,19,23)(H,20,21);(H,6,7). The molecule has 0 bridgehead atoms. The fraction of sp³-hybridized carbons (Fsp3) is 0.650. The minimum atomic E-state index is -5.08. The lowest BCUT2D eigenvalue weighted by Crippen LogP contribution is -2.36. The summed E-state index contributed by atoms with van der Waals surface area (Å²) >= 11 is 0. The molecule has 1 amide bonds. The Kier molecular flexibility index (Phi) is 10.1. The van der Waals surface area contributed by atoms with Gasteiger partial charge in [0.2, 0.25) is 10.0 Å². The van der Waals surface area contributed by atoms with Crippen LogP contribution in [0.25, 0.3) is 0 Å². The fourth-order valence-corrected chi connectivity index (χ4v) is 4.90. The summed E-state index contributed by atoms with van der Waals surface area (Å²) in [5, 5.41) is 13.0. The number of sulfonamides is 1. The maximum absolute atomic E-state index is 12.6. The molecule has 33 heavy (non-hydrogen) atoms. The Morgan fingerprint density at radius 2 is 1.73 bits per heavy atom. The highest BCUT2D eigenvalue weighted by atomic mass is 32.2. The van der Waals surface area contributed by atoms with Gasteiger partial charge in [-0.1, -0.05) is 13.8 Å². The van der Waals surface area contributed by atoms with Crippen molar-refractivity contribution in [3.63, 3.8) is 0 Å². The molecule has 2 rings (SSSR count). The van der Waals surface area contributed by atoms with Crippen molar-refractivity contribution in [3.8, 4) is 0 Å². The molecule has 13 heteroatoms. The summed E-state index contributed by atoms with van der Waals surface area (Å²) in [5.41, 5.74) is 2.31. The second kappa shape index (κ2) is 11.6. The van der Waals surface area contributed by atoms with E-state index in [4.69, 9.17) is 9.90 Å². The molecule has 0 radical (unpaired) electrons. The van der Waals surface area contributed by atoms with E-state index < -0.39 is 22.2 Å². The van der Waals surface area contributed by atoms with Crippen LogP contribution < -0.4 is 10.6 Å². The Morgan fingerprint density at radius 3 is 2.18 bits per heavy atom. The molecule has 0 saturated carbocycles. The van der Waals surface area contributed by atoms with Crippen LogP contribution in [0.2, 0.25) is 0 Å². The van der Waals surface area contributed by atoms with E-state index >= 15 is 0 Å². The number of hydrogen-bond donors (Lipinski definition) is 3. The number of hydrogen-bond acceptors (Lipinski definition) is 6. The Hall–Kier alpha value is -2.41. The summed E-state index contributed by atoms with van der Waals surface area (Å²) in [6.07, 6.45) is -3.97. The number of fused-ring (bicyclic) bond motifs is 1. The molecule has 9 nitrogen and oxygen atoms in total. The van der Waals surface area contributed by atoms with Crippen LogP contribution in [0.4, 0.5) is 19.0 Å². The number of halogens is 3. The number of carboxylic acid groups (broad SMARTS) is 1. The van der Waals surface area contributed by atoms with Crippen molar-refractivity contribution in [2.45, 2.75) is 52.8 Å². The molecule has 0 fully saturated rings. The van der Waals surface area contributed by atoms with Gasteiger partial charge in [0.15, 0.2) is 0 Å². The van der Waals surface area contributed by atoms with Crippen LogP contribution in [0.15, 0.2) is 6.07 Å². The number of pyridine rings is 1. The predicted octanol–water partition coefficient (Wildman–Crippen LogP) is 2.28. The number of aromatic nitrogens is 1. The number of carboxylic acids is 1. The van der Waals surface area contributed by atoms with Crippen molar-refractivity contribution >= 4 is 27.7 Å². The largest absolute Gasteiger partial charge is 0.490 e. The Bertz CT molecular complexity index is 950. The molecule has 2 heterocycles. The van der Waals surface area contributed by atoms with Gasteiger partial charge in [0.1, 0.15) is 5.82 Å². The van der Waals surface area contributed by atoms with Gasteiger partial charge in [-0.25, -0.2) is 22.5 Å². The highest BCUT2D eigenvalue weighted by Gasteiger charge is 2.38. The summed E-state index contributed by atoms with van der Waals surface area (Å²) < 4.78 is 58.4. The number of carbonyl (C=O) groups is 2. The van der Waals surface area contributed by atoms with Crippen LogP contribution in [-0.2, 0) is 27.7 Å². The van der Waals surface area contributed by atoms with E-state index in [0.29, 0.717) is 37.3 Å². The van der Waals surface area contributed by atoms with Crippen molar-refractivity contribution in [3.05, 3.63) is 22.9 Å². The van der Waals surface area contributed by atoms with Crippen molar-refractivity contribution in [1.29, 1.82) is 0 Å². The zero-order valence-electron chi connectivity index (χ0n) is 19.3. The smallest absolute Gasteiger partial charge is 0.475 e. The van der Waals surface area contributed by atoms with Gasteiger partial charge in [-0.2, -0.15) is 13.2 Å². The zero-order chi connectivity index (χ0) is 25.6. The first kappa shape index (κ1) is 28.6. The normalized spacial score (nSPS) is 14.7. The summed E-state index contributed by atoms with van der Waals surface area (Å²) in [5.74, 6) is -2.16. The van der Waals surface area contributed by atoms with Crippen LogP contribution in [-0.4, -0.2) is 72.8 Å². The maximum atomic E-state index is 12.6. The molecule has 0 spiro atoms. The number of nitrogens with one attached hydrogen (secondary N) is 2. The number of aliphatic carboxylic acids is 1. The topological polar surface area (TPSA) is 129 Å². The second-order valence-corrected chi connectivity index (χ2v) is 10.3. The fourth-order valence-electron chi connectivity index (χ4n) is 3.11. The van der Waals surface area contributed by atoms with Gasteiger partial charge in [-0.15, -0.1) is 0 Å². The van der Waals surface area contributed by atoms with Crippen molar-refractivity contribution in [2.24, 2.45) is 5.92 Å². The molecule has 3 N–H and O–H groups in total. The Labute approximate surface area is 191 Å². The number of nitrogens with zero attached hydrogens (tertiary/aromatic N) is 2. The van der Waals surface area contributed by atoms with Gasteiger partial charge in [0, 0.05) is 38.3 Å². The van der Waals surface area contributed by atoms with Gasteiger partial charge in [-0.3, -0.25) is 4.79 Å². The number of carbonyl (C=O) groups excluding carboxylic acids is 1. The third kappa shape index (κ3) is 8.80. The Balaban J connectivity index is 0.000000675. The average molecular weight is 497 g/mol. The van der Waals surface area contributed by atoms with Crippen LogP contribution in [0.5, 0.6) is 0 Å². The van der Waals surface area contributed by atoms with E-state index in [1.165, 1.54) is 0 Å². The number of rotatable bonds is 6. The predicted molar refractivity (Wildman–Crippen MR) is 118 cm³/mol. The third-order valence-corrected chi connectivity index (χ3v) is 6.74. The number of alkyl halides is 3. The SMILES string of the molecule is CNC(=O)c1cc2c(nc1NC(C)C)CCN(S(=O)(=O)CC(C)C)CC2.O=C(O)C(F)(F)F. The maximum Gasteiger partial charge on any atom is 0.490 e. The van der Waals surface area contributed by atoms with Gasteiger partial charge >= 0.3 is 12.1 Å². The lowest BCUT2D eigenvalue weighted by atomic mass is 10.0. The highest BCUT2D eigenvalue weighted by molar-refractivity contribution is 7.89. The first-order chi connectivity index (χ1) is 15.1. The van der Waals surface area contributed by atoms with Gasteiger partial charge < -0.3 is 15.7 Å². The number of anilines is 1. The van der Waals surface area contributed by atoms with E-state index in [0.717, 1.165) is 11.3 Å². The summed E-state index contributed by atoms with van der Waals surface area (Å²) in [7, 11) is -1.68. The van der Waals surface area contributed by atoms with E-state index in [2.05, 4.69) is 15.6 Å². The molecular weight excluding hydrogens is 465 g/mol. The van der Waals surface area contributed by atoms with Crippen LogP contribution in [0.3, 0.4) is 0 Å². The lowest BCUT2D eigenvalue weighted by Gasteiger charge is -2.20. The van der Waals surface area contributed by atoms with E-state index in [-0.39, 0.29) is 23.6 Å². The molecule has 0 atom stereocenters. The molecule has 1 aliphatic rings. The molecule has 0 saturated heterocycles. The lowest BCUT2D eigenvalue weighted by molar-refractivity contribution is -0.192. The quantitative estimate of drug-likeness (QED) is 0.551. The molecule has 1 aliphatic heterocycles. The third-order valence-electron chi connectivity index (χ3n) is 4.50. The second-order valence-electron chi connectivity index (χ2n) is 8.24. The molecule has 1 aromatic heterocycles. The van der Waals surface area contributed by atoms with E-state index in [9.17, 15) is 26.4 Å². The van der Waals surface area contributed by atoms with Gasteiger partial charge in [-0.05, 0) is 37.8 Å². The van der Waals surface area contributed by atoms with E-state index in [1.807, 2.05) is 33.8 Å².